The molecule has 0 aromatic heterocycles. The van der Waals surface area contributed by atoms with Gasteiger partial charge in [0, 0.05) is 16.0 Å². The Labute approximate surface area is 115 Å². The Morgan fingerprint density at radius 2 is 2.29 bits per heavy atom. The number of likely N-dealkylation sites (N-methyl/N-ethyl adjacent to an activating group) is 1. The molecule has 1 aromatic carbocycles. The predicted octanol–water partition coefficient (Wildman–Crippen LogP) is 2.97. The fraction of sp³-hybridized carbons (Fsp3) is 0.417. The van der Waals surface area contributed by atoms with Gasteiger partial charge in [-0.1, -0.05) is 33.6 Å². The van der Waals surface area contributed by atoms with Crippen molar-refractivity contribution < 1.29 is 0 Å². The van der Waals surface area contributed by atoms with Crippen molar-refractivity contribution >= 4 is 33.5 Å². The Bertz CT molecular complexity index is 475. The molecule has 0 bridgehead atoms. The topological polar surface area (TPSA) is 41.6 Å². The van der Waals surface area contributed by atoms with E-state index in [4.69, 9.17) is 17.3 Å². The summed E-state index contributed by atoms with van der Waals surface area (Å²) in [7, 11) is 0. The van der Waals surface area contributed by atoms with Crippen molar-refractivity contribution in [3.63, 3.8) is 0 Å². The van der Waals surface area contributed by atoms with Gasteiger partial charge < -0.3 is 10.6 Å². The van der Waals surface area contributed by atoms with E-state index in [9.17, 15) is 0 Å². The number of hydrogen-bond acceptors (Lipinski definition) is 3. The highest BCUT2D eigenvalue weighted by atomic mass is 79.9. The van der Waals surface area contributed by atoms with Gasteiger partial charge in [0.05, 0.1) is 12.1 Å². The maximum Gasteiger partial charge on any atom is 0.192 e. The first-order chi connectivity index (χ1) is 7.99. The van der Waals surface area contributed by atoms with Crippen molar-refractivity contribution in [2.24, 2.45) is 10.7 Å². The molecule has 92 valence electrons. The SMILES string of the molecule is CCN1C(N)=NCC1(C)c1ccc(Br)cc1Cl. The molecule has 0 saturated carbocycles. The van der Waals surface area contributed by atoms with E-state index in [1.54, 1.807) is 0 Å². The molecule has 0 radical (unpaired) electrons. The van der Waals surface area contributed by atoms with Crippen molar-refractivity contribution in [3.8, 4) is 0 Å². The van der Waals surface area contributed by atoms with Crippen LogP contribution in [0.3, 0.4) is 0 Å². The lowest BCUT2D eigenvalue weighted by Gasteiger charge is -2.36. The number of rotatable bonds is 2. The van der Waals surface area contributed by atoms with Crippen LogP contribution < -0.4 is 5.73 Å². The number of aliphatic imine (C=N–C) groups is 1. The minimum atomic E-state index is -0.239. The molecule has 5 heteroatoms. The van der Waals surface area contributed by atoms with Crippen LogP contribution in [0.1, 0.15) is 19.4 Å². The van der Waals surface area contributed by atoms with E-state index in [0.29, 0.717) is 12.5 Å². The van der Waals surface area contributed by atoms with E-state index in [-0.39, 0.29) is 5.54 Å². The van der Waals surface area contributed by atoms with Gasteiger partial charge in [-0.3, -0.25) is 4.99 Å². The van der Waals surface area contributed by atoms with Crippen LogP contribution in [0.5, 0.6) is 0 Å². The predicted molar refractivity (Wildman–Crippen MR) is 75.4 cm³/mol. The van der Waals surface area contributed by atoms with Gasteiger partial charge in [-0.05, 0) is 31.5 Å². The maximum absolute atomic E-state index is 6.32. The second kappa shape index (κ2) is 4.50. The monoisotopic (exact) mass is 315 g/mol. The van der Waals surface area contributed by atoms with Crippen LogP contribution in [0.4, 0.5) is 0 Å². The Balaban J connectivity index is 2.46. The zero-order valence-electron chi connectivity index (χ0n) is 9.87. The first-order valence-corrected chi connectivity index (χ1v) is 6.69. The van der Waals surface area contributed by atoms with Gasteiger partial charge in [0.2, 0.25) is 0 Å². The number of halogens is 2. The summed E-state index contributed by atoms with van der Waals surface area (Å²) in [6.07, 6.45) is 0. The van der Waals surface area contributed by atoms with Crippen molar-refractivity contribution in [1.29, 1.82) is 0 Å². The number of benzene rings is 1. The van der Waals surface area contributed by atoms with Gasteiger partial charge in [0.1, 0.15) is 0 Å². The Morgan fingerprint density at radius 1 is 1.59 bits per heavy atom. The molecule has 1 aliphatic rings. The second-order valence-electron chi connectivity index (χ2n) is 4.32. The van der Waals surface area contributed by atoms with Crippen molar-refractivity contribution in [3.05, 3.63) is 33.3 Å². The highest BCUT2D eigenvalue weighted by Gasteiger charge is 2.39. The zero-order chi connectivity index (χ0) is 12.6. The molecule has 1 heterocycles. The highest BCUT2D eigenvalue weighted by molar-refractivity contribution is 9.10. The molecule has 0 amide bonds. The molecule has 17 heavy (non-hydrogen) atoms. The average molecular weight is 317 g/mol. The molecular formula is C12H15BrClN3. The lowest BCUT2D eigenvalue weighted by molar-refractivity contribution is 0.235. The third kappa shape index (κ3) is 2.04. The summed E-state index contributed by atoms with van der Waals surface area (Å²) in [5.41, 5.74) is 6.73. The molecule has 2 N–H and O–H groups in total. The second-order valence-corrected chi connectivity index (χ2v) is 5.64. The normalized spacial score (nSPS) is 24.0. The Kier molecular flexibility index (Phi) is 3.36. The largest absolute Gasteiger partial charge is 0.370 e. The maximum atomic E-state index is 6.32. The Hall–Kier alpha value is -0.740. The van der Waals surface area contributed by atoms with Crippen molar-refractivity contribution in [2.45, 2.75) is 19.4 Å². The average Bonchev–Trinajstić information content (AvgIpc) is 2.55. The van der Waals surface area contributed by atoms with Crippen LogP contribution in [0.25, 0.3) is 0 Å². The van der Waals surface area contributed by atoms with Gasteiger partial charge in [-0.25, -0.2) is 0 Å². The molecule has 0 fully saturated rings. The van der Waals surface area contributed by atoms with Crippen LogP contribution in [0, 0.1) is 0 Å². The molecule has 0 aliphatic carbocycles. The van der Waals surface area contributed by atoms with E-state index in [1.165, 1.54) is 0 Å². The fourth-order valence-electron chi connectivity index (χ4n) is 2.33. The van der Waals surface area contributed by atoms with Gasteiger partial charge in [0.25, 0.3) is 0 Å². The van der Waals surface area contributed by atoms with E-state index in [2.05, 4.69) is 39.7 Å². The summed E-state index contributed by atoms with van der Waals surface area (Å²) >= 11 is 9.74. The van der Waals surface area contributed by atoms with Gasteiger partial charge in [-0.2, -0.15) is 0 Å². The van der Waals surface area contributed by atoms with E-state index in [0.717, 1.165) is 21.6 Å². The van der Waals surface area contributed by atoms with Gasteiger partial charge in [0.15, 0.2) is 5.96 Å². The van der Waals surface area contributed by atoms with Crippen LogP contribution in [0.2, 0.25) is 5.02 Å². The number of guanidine groups is 1. The molecule has 0 spiro atoms. The molecule has 0 saturated heterocycles. The number of nitrogens with zero attached hydrogens (tertiary/aromatic N) is 2. The first-order valence-electron chi connectivity index (χ1n) is 5.52. The van der Waals surface area contributed by atoms with E-state index < -0.39 is 0 Å². The van der Waals surface area contributed by atoms with Gasteiger partial charge in [-0.15, -0.1) is 0 Å². The zero-order valence-corrected chi connectivity index (χ0v) is 12.2. The van der Waals surface area contributed by atoms with Crippen molar-refractivity contribution in [2.75, 3.05) is 13.1 Å². The third-order valence-electron chi connectivity index (χ3n) is 3.25. The lowest BCUT2D eigenvalue weighted by atomic mass is 9.91. The summed E-state index contributed by atoms with van der Waals surface area (Å²) in [5.74, 6) is 0.592. The summed E-state index contributed by atoms with van der Waals surface area (Å²) in [6, 6.07) is 5.93. The molecule has 3 nitrogen and oxygen atoms in total. The van der Waals surface area contributed by atoms with Gasteiger partial charge >= 0.3 is 0 Å². The van der Waals surface area contributed by atoms with Crippen LogP contribution >= 0.6 is 27.5 Å². The minimum Gasteiger partial charge on any atom is -0.370 e. The molecule has 1 aliphatic heterocycles. The summed E-state index contributed by atoms with van der Waals surface area (Å²) in [5, 5.41) is 0.741. The number of hydrogen-bond donors (Lipinski definition) is 1. The van der Waals surface area contributed by atoms with Crippen LogP contribution in [0.15, 0.2) is 27.7 Å². The minimum absolute atomic E-state index is 0.239. The first kappa shape index (κ1) is 12.7. The smallest absolute Gasteiger partial charge is 0.192 e. The molecule has 2 rings (SSSR count). The molecule has 1 aromatic rings. The summed E-state index contributed by atoms with van der Waals surface area (Å²) < 4.78 is 0.977. The quantitative estimate of drug-likeness (QED) is 0.911. The lowest BCUT2D eigenvalue weighted by Crippen LogP contribution is -2.47. The Morgan fingerprint density at radius 3 is 2.88 bits per heavy atom. The van der Waals surface area contributed by atoms with Crippen LogP contribution in [-0.4, -0.2) is 23.9 Å². The molecule has 1 atom stereocenters. The highest BCUT2D eigenvalue weighted by Crippen LogP contribution is 2.37. The third-order valence-corrected chi connectivity index (χ3v) is 4.05. The molecular weight excluding hydrogens is 302 g/mol. The number of nitrogens with two attached hydrogens (primary N) is 1. The van der Waals surface area contributed by atoms with E-state index in [1.807, 2.05) is 18.2 Å². The fourth-order valence-corrected chi connectivity index (χ4v) is 3.20. The standard InChI is InChI=1S/C12H15BrClN3/c1-3-17-11(15)16-7-12(17,2)9-5-4-8(13)6-10(9)14/h4-6H,3,7H2,1-2H3,(H2,15,16). The van der Waals surface area contributed by atoms with E-state index >= 15 is 0 Å². The van der Waals surface area contributed by atoms with Crippen LogP contribution in [-0.2, 0) is 5.54 Å². The van der Waals surface area contributed by atoms with Crippen molar-refractivity contribution in [1.82, 2.24) is 4.90 Å². The molecule has 1 unspecified atom stereocenters. The summed E-state index contributed by atoms with van der Waals surface area (Å²) in [4.78, 5) is 6.42. The summed E-state index contributed by atoms with van der Waals surface area (Å²) in [6.45, 7) is 5.65.